The Balaban J connectivity index is 1.87. The summed E-state index contributed by atoms with van der Waals surface area (Å²) in [6.45, 7) is 4.60. The molecule has 0 aromatic rings. The minimum atomic E-state index is 0.944. The maximum absolute atomic E-state index is 3.43. The van der Waals surface area contributed by atoms with E-state index in [0.29, 0.717) is 0 Å². The monoisotopic (exact) mass is 153 g/mol. The van der Waals surface area contributed by atoms with Crippen molar-refractivity contribution in [3.05, 3.63) is 12.2 Å². The van der Waals surface area contributed by atoms with Crippen LogP contribution in [0, 0.1) is 5.92 Å². The predicted molar refractivity (Wildman–Crippen MR) is 49.6 cm³/mol. The lowest BCUT2D eigenvalue weighted by Gasteiger charge is -2.08. The summed E-state index contributed by atoms with van der Waals surface area (Å²) in [5.41, 5.74) is 0. The zero-order valence-electron chi connectivity index (χ0n) is 7.47. The molecule has 0 amide bonds. The largest absolute Gasteiger partial charge is 0.317 e. The van der Waals surface area contributed by atoms with Crippen LogP contribution >= 0.6 is 0 Å². The van der Waals surface area contributed by atoms with Crippen molar-refractivity contribution in [3.63, 3.8) is 0 Å². The number of hydrogen-bond donors (Lipinski definition) is 1. The average Bonchev–Trinajstić information content (AvgIpc) is 2.50. The minimum absolute atomic E-state index is 0.944. The molecule has 0 heterocycles. The Morgan fingerprint density at radius 2 is 2.00 bits per heavy atom. The fourth-order valence-corrected chi connectivity index (χ4v) is 1.52. The van der Waals surface area contributed by atoms with Crippen molar-refractivity contribution in [1.82, 2.24) is 5.32 Å². The molecule has 0 saturated heterocycles. The molecule has 1 rings (SSSR count). The van der Waals surface area contributed by atoms with Gasteiger partial charge in [0.05, 0.1) is 0 Å². The van der Waals surface area contributed by atoms with Crippen molar-refractivity contribution < 1.29 is 0 Å². The van der Waals surface area contributed by atoms with E-state index < -0.39 is 0 Å². The Morgan fingerprint density at radius 3 is 2.64 bits per heavy atom. The van der Waals surface area contributed by atoms with Crippen molar-refractivity contribution in [2.24, 2.45) is 5.92 Å². The van der Waals surface area contributed by atoms with Gasteiger partial charge in [0.2, 0.25) is 0 Å². The van der Waals surface area contributed by atoms with Gasteiger partial charge in [-0.25, -0.2) is 0 Å². The Morgan fingerprint density at radius 1 is 1.27 bits per heavy atom. The summed E-state index contributed by atoms with van der Waals surface area (Å²) in [6, 6.07) is 0. The van der Waals surface area contributed by atoms with E-state index in [4.69, 9.17) is 0 Å². The summed E-state index contributed by atoms with van der Waals surface area (Å²) in [7, 11) is 0. The highest BCUT2D eigenvalue weighted by molar-refractivity contribution is 4.93. The molecule has 0 atom stereocenters. The molecule has 0 unspecified atom stereocenters. The molecule has 1 N–H and O–H groups in total. The molecule has 11 heavy (non-hydrogen) atoms. The fourth-order valence-electron chi connectivity index (χ4n) is 1.52. The zero-order valence-corrected chi connectivity index (χ0v) is 7.47. The summed E-state index contributed by atoms with van der Waals surface area (Å²) in [5, 5.41) is 3.43. The van der Waals surface area contributed by atoms with Gasteiger partial charge in [0, 0.05) is 0 Å². The molecule has 1 aliphatic rings. The molecule has 0 aliphatic heterocycles. The second-order valence-electron chi connectivity index (χ2n) is 3.35. The summed E-state index contributed by atoms with van der Waals surface area (Å²) in [5.74, 6) is 0.944. The van der Waals surface area contributed by atoms with Crippen LogP contribution in [0.5, 0.6) is 0 Å². The minimum Gasteiger partial charge on any atom is -0.317 e. The summed E-state index contributed by atoms with van der Waals surface area (Å²) >= 11 is 0. The lowest BCUT2D eigenvalue weighted by Crippen LogP contribution is -2.18. The van der Waals surface area contributed by atoms with E-state index in [1.54, 1.807) is 0 Å². The smallest absolute Gasteiger partial charge is 0.00461 e. The first kappa shape index (κ1) is 8.79. The van der Waals surface area contributed by atoms with Gasteiger partial charge in [-0.1, -0.05) is 19.1 Å². The molecule has 0 aromatic carbocycles. The van der Waals surface area contributed by atoms with Crippen LogP contribution in [0.15, 0.2) is 12.2 Å². The van der Waals surface area contributed by atoms with E-state index >= 15 is 0 Å². The molecule has 64 valence electrons. The van der Waals surface area contributed by atoms with E-state index in [-0.39, 0.29) is 0 Å². The number of rotatable bonds is 5. The maximum Gasteiger partial charge on any atom is -0.00461 e. The van der Waals surface area contributed by atoms with E-state index in [1.807, 2.05) is 0 Å². The van der Waals surface area contributed by atoms with E-state index in [9.17, 15) is 0 Å². The quantitative estimate of drug-likeness (QED) is 0.472. The molecule has 0 aromatic heterocycles. The second-order valence-corrected chi connectivity index (χ2v) is 3.35. The van der Waals surface area contributed by atoms with Crippen LogP contribution in [0.25, 0.3) is 0 Å². The Hall–Kier alpha value is -0.300. The van der Waals surface area contributed by atoms with Crippen molar-refractivity contribution in [1.29, 1.82) is 0 Å². The van der Waals surface area contributed by atoms with Crippen molar-refractivity contribution in [2.45, 2.75) is 32.6 Å². The molecular formula is C10H19N. The lowest BCUT2D eigenvalue weighted by molar-refractivity contribution is 0.491. The SMILES string of the molecule is CCCNCCC1CC=CC1. The van der Waals surface area contributed by atoms with Gasteiger partial charge in [0.1, 0.15) is 0 Å². The van der Waals surface area contributed by atoms with Crippen LogP contribution in [0.1, 0.15) is 32.6 Å². The molecular weight excluding hydrogens is 134 g/mol. The molecule has 0 fully saturated rings. The van der Waals surface area contributed by atoms with E-state index in [2.05, 4.69) is 24.4 Å². The van der Waals surface area contributed by atoms with Gasteiger partial charge >= 0.3 is 0 Å². The maximum atomic E-state index is 3.43. The molecule has 0 spiro atoms. The molecule has 1 nitrogen and oxygen atoms in total. The third-order valence-corrected chi connectivity index (χ3v) is 2.26. The normalized spacial score (nSPS) is 17.9. The van der Waals surface area contributed by atoms with Crippen LogP contribution in [0.4, 0.5) is 0 Å². The second kappa shape index (κ2) is 5.36. The van der Waals surface area contributed by atoms with Crippen molar-refractivity contribution in [3.8, 4) is 0 Å². The van der Waals surface area contributed by atoms with Crippen LogP contribution in [-0.2, 0) is 0 Å². The van der Waals surface area contributed by atoms with Crippen LogP contribution in [-0.4, -0.2) is 13.1 Å². The summed E-state index contributed by atoms with van der Waals surface area (Å²) < 4.78 is 0. The van der Waals surface area contributed by atoms with Crippen LogP contribution in [0.2, 0.25) is 0 Å². The molecule has 1 aliphatic carbocycles. The lowest BCUT2D eigenvalue weighted by atomic mass is 10.0. The number of hydrogen-bond acceptors (Lipinski definition) is 1. The fraction of sp³-hybridized carbons (Fsp3) is 0.800. The highest BCUT2D eigenvalue weighted by Gasteiger charge is 2.08. The molecule has 0 bridgehead atoms. The summed E-state index contributed by atoms with van der Waals surface area (Å²) in [6.07, 6.45) is 9.85. The first-order valence-corrected chi connectivity index (χ1v) is 4.79. The third-order valence-electron chi connectivity index (χ3n) is 2.26. The van der Waals surface area contributed by atoms with E-state index in [0.717, 1.165) is 5.92 Å². The standard InChI is InChI=1S/C10H19N/c1-2-8-11-9-7-10-5-3-4-6-10/h3-4,10-11H,2,5-9H2,1H3. The van der Waals surface area contributed by atoms with Gasteiger partial charge in [-0.3, -0.25) is 0 Å². The third kappa shape index (κ3) is 3.57. The van der Waals surface area contributed by atoms with Crippen molar-refractivity contribution in [2.75, 3.05) is 13.1 Å². The van der Waals surface area contributed by atoms with Gasteiger partial charge in [-0.05, 0) is 44.7 Å². The summed E-state index contributed by atoms with van der Waals surface area (Å²) in [4.78, 5) is 0. The first-order valence-electron chi connectivity index (χ1n) is 4.79. The number of nitrogens with one attached hydrogen (secondary N) is 1. The van der Waals surface area contributed by atoms with Gasteiger partial charge < -0.3 is 5.32 Å². The first-order chi connectivity index (χ1) is 5.43. The van der Waals surface area contributed by atoms with Crippen LogP contribution in [0.3, 0.4) is 0 Å². The van der Waals surface area contributed by atoms with Gasteiger partial charge in [-0.2, -0.15) is 0 Å². The van der Waals surface area contributed by atoms with Crippen LogP contribution < -0.4 is 5.32 Å². The zero-order chi connectivity index (χ0) is 7.94. The number of allylic oxidation sites excluding steroid dienone is 2. The highest BCUT2D eigenvalue weighted by atomic mass is 14.8. The Bertz CT molecular complexity index is 110. The van der Waals surface area contributed by atoms with Gasteiger partial charge in [0.25, 0.3) is 0 Å². The molecule has 0 saturated carbocycles. The van der Waals surface area contributed by atoms with E-state index in [1.165, 1.54) is 38.8 Å². The highest BCUT2D eigenvalue weighted by Crippen LogP contribution is 2.20. The topological polar surface area (TPSA) is 12.0 Å². The van der Waals surface area contributed by atoms with Gasteiger partial charge in [-0.15, -0.1) is 0 Å². The predicted octanol–water partition coefficient (Wildman–Crippen LogP) is 2.34. The van der Waals surface area contributed by atoms with Crippen molar-refractivity contribution >= 4 is 0 Å². The average molecular weight is 153 g/mol. The Kier molecular flexibility index (Phi) is 4.29. The Labute approximate surface area is 69.9 Å². The van der Waals surface area contributed by atoms with Gasteiger partial charge in [0.15, 0.2) is 0 Å². The molecule has 1 heteroatoms. The molecule has 0 radical (unpaired) electrons.